The predicted molar refractivity (Wildman–Crippen MR) is 76.4 cm³/mol. The summed E-state index contributed by atoms with van der Waals surface area (Å²) < 4.78 is 0. The highest BCUT2D eigenvalue weighted by molar-refractivity contribution is 6.31. The molecular formula is C13H15Cl2N3O. The standard InChI is InChI=1S/C13H14ClN3O.ClH/c14-6-1-10(9-5-16-17-11(9)2-6)13(18)3-7-8(4-13)12(7)15;/h1-2,5,7-8,12,18H,3-4,15H2,(H,16,17);1H/t7-,8+,12?,13?;. The van der Waals surface area contributed by atoms with Crippen molar-refractivity contribution in [1.29, 1.82) is 0 Å². The molecule has 6 heteroatoms. The zero-order valence-corrected chi connectivity index (χ0v) is 11.7. The Morgan fingerprint density at radius 1 is 1.37 bits per heavy atom. The lowest BCUT2D eigenvalue weighted by Crippen LogP contribution is -2.27. The van der Waals surface area contributed by atoms with Gasteiger partial charge in [-0.1, -0.05) is 11.6 Å². The number of nitrogens with zero attached hydrogens (tertiary/aromatic N) is 1. The fourth-order valence-corrected chi connectivity index (χ4v) is 3.75. The van der Waals surface area contributed by atoms with Crippen LogP contribution in [0.1, 0.15) is 18.4 Å². The third-order valence-electron chi connectivity index (χ3n) is 4.57. The Balaban J connectivity index is 0.00000110. The van der Waals surface area contributed by atoms with E-state index in [0.29, 0.717) is 16.9 Å². The molecule has 2 aliphatic rings. The monoisotopic (exact) mass is 299 g/mol. The number of nitrogens with two attached hydrogens (primary N) is 1. The molecule has 0 saturated heterocycles. The molecule has 1 aromatic carbocycles. The van der Waals surface area contributed by atoms with E-state index in [0.717, 1.165) is 29.3 Å². The second kappa shape index (κ2) is 4.09. The van der Waals surface area contributed by atoms with Crippen molar-refractivity contribution in [2.45, 2.75) is 24.5 Å². The number of H-pyrrole nitrogens is 1. The van der Waals surface area contributed by atoms with Crippen LogP contribution in [-0.4, -0.2) is 21.3 Å². The second-order valence-corrected chi connectivity index (χ2v) is 6.07. The van der Waals surface area contributed by atoms with Gasteiger partial charge in [0.25, 0.3) is 0 Å². The minimum absolute atomic E-state index is 0. The molecule has 2 saturated carbocycles. The van der Waals surface area contributed by atoms with Crippen LogP contribution in [0.15, 0.2) is 18.3 Å². The number of aliphatic hydroxyl groups is 1. The van der Waals surface area contributed by atoms with E-state index >= 15 is 0 Å². The normalized spacial score (nSPS) is 36.1. The van der Waals surface area contributed by atoms with Gasteiger partial charge in [0.2, 0.25) is 0 Å². The summed E-state index contributed by atoms with van der Waals surface area (Å²) in [6.45, 7) is 0. The fourth-order valence-electron chi connectivity index (χ4n) is 3.53. The molecule has 2 aromatic rings. The number of benzene rings is 1. The third-order valence-corrected chi connectivity index (χ3v) is 4.79. The Bertz CT molecular complexity index is 630. The van der Waals surface area contributed by atoms with Crippen molar-refractivity contribution in [2.24, 2.45) is 17.6 Å². The van der Waals surface area contributed by atoms with Gasteiger partial charge in [-0.2, -0.15) is 5.10 Å². The summed E-state index contributed by atoms with van der Waals surface area (Å²) in [5, 5.41) is 19.4. The van der Waals surface area contributed by atoms with Crippen LogP contribution in [0.3, 0.4) is 0 Å². The van der Waals surface area contributed by atoms with Gasteiger partial charge in [0.15, 0.2) is 0 Å². The topological polar surface area (TPSA) is 74.9 Å². The largest absolute Gasteiger partial charge is 0.385 e. The number of hydrogen-bond donors (Lipinski definition) is 3. The number of aromatic amines is 1. The van der Waals surface area contributed by atoms with E-state index in [2.05, 4.69) is 10.2 Å². The maximum atomic E-state index is 10.9. The number of hydrogen-bond acceptors (Lipinski definition) is 3. The zero-order valence-electron chi connectivity index (χ0n) is 10.1. The van der Waals surface area contributed by atoms with Crippen molar-refractivity contribution in [1.82, 2.24) is 10.2 Å². The van der Waals surface area contributed by atoms with Crippen molar-refractivity contribution >= 4 is 34.9 Å². The SMILES string of the molecule is Cl.NC1[C@H]2CC(O)(c3cc(Cl)cc4[nH]ncc34)C[C@@H]12. The highest BCUT2D eigenvalue weighted by atomic mass is 35.5. The maximum Gasteiger partial charge on any atom is 0.0910 e. The summed E-state index contributed by atoms with van der Waals surface area (Å²) in [6, 6.07) is 3.97. The van der Waals surface area contributed by atoms with Gasteiger partial charge in [-0.25, -0.2) is 0 Å². The Morgan fingerprint density at radius 2 is 2.05 bits per heavy atom. The van der Waals surface area contributed by atoms with Crippen molar-refractivity contribution in [2.75, 3.05) is 0 Å². The lowest BCUT2D eigenvalue weighted by atomic mass is 9.86. The van der Waals surface area contributed by atoms with Crippen LogP contribution >= 0.6 is 24.0 Å². The molecule has 0 bridgehead atoms. The first-order valence-electron chi connectivity index (χ1n) is 6.19. The van der Waals surface area contributed by atoms with Gasteiger partial charge in [-0.3, -0.25) is 5.10 Å². The Morgan fingerprint density at radius 3 is 2.74 bits per heavy atom. The Kier molecular flexibility index (Phi) is 2.84. The van der Waals surface area contributed by atoms with Crippen LogP contribution in [0.2, 0.25) is 5.02 Å². The van der Waals surface area contributed by atoms with Gasteiger partial charge < -0.3 is 10.8 Å². The van der Waals surface area contributed by atoms with Crippen LogP contribution in [-0.2, 0) is 5.60 Å². The van der Waals surface area contributed by atoms with E-state index in [1.54, 1.807) is 6.20 Å². The summed E-state index contributed by atoms with van der Waals surface area (Å²) in [7, 11) is 0. The Labute approximate surface area is 121 Å². The molecule has 1 heterocycles. The maximum absolute atomic E-state index is 10.9. The van der Waals surface area contributed by atoms with Gasteiger partial charge in [0.05, 0.1) is 17.3 Å². The summed E-state index contributed by atoms with van der Waals surface area (Å²) >= 11 is 6.11. The number of halogens is 2. The number of fused-ring (bicyclic) bond motifs is 2. The van der Waals surface area contributed by atoms with Gasteiger partial charge in [-0.15, -0.1) is 12.4 Å². The van der Waals surface area contributed by atoms with Crippen LogP contribution in [0, 0.1) is 11.8 Å². The summed E-state index contributed by atoms with van der Waals surface area (Å²) in [4.78, 5) is 0. The zero-order chi connectivity index (χ0) is 12.5. The van der Waals surface area contributed by atoms with Gasteiger partial charge in [0, 0.05) is 16.5 Å². The number of rotatable bonds is 1. The van der Waals surface area contributed by atoms with Crippen LogP contribution in [0.4, 0.5) is 0 Å². The number of nitrogens with one attached hydrogen (secondary N) is 1. The summed E-state index contributed by atoms with van der Waals surface area (Å²) in [5.41, 5.74) is 6.90. The molecule has 0 radical (unpaired) electrons. The van der Waals surface area contributed by atoms with Crippen molar-refractivity contribution in [3.63, 3.8) is 0 Å². The van der Waals surface area contributed by atoms with Crippen LogP contribution in [0.25, 0.3) is 10.9 Å². The molecule has 4 N–H and O–H groups in total. The second-order valence-electron chi connectivity index (χ2n) is 5.63. The van der Waals surface area contributed by atoms with Gasteiger partial charge in [0.1, 0.15) is 0 Å². The average Bonchev–Trinajstić information content (AvgIpc) is 2.77. The van der Waals surface area contributed by atoms with E-state index in [4.69, 9.17) is 17.3 Å². The van der Waals surface area contributed by atoms with Gasteiger partial charge in [-0.05, 0) is 42.4 Å². The first-order valence-corrected chi connectivity index (χ1v) is 6.57. The molecule has 2 fully saturated rings. The minimum Gasteiger partial charge on any atom is -0.385 e. The third kappa shape index (κ3) is 1.78. The van der Waals surface area contributed by atoms with Crippen molar-refractivity contribution < 1.29 is 5.11 Å². The highest BCUT2D eigenvalue weighted by Gasteiger charge is 2.60. The quantitative estimate of drug-likeness (QED) is 0.755. The van der Waals surface area contributed by atoms with Crippen molar-refractivity contribution in [3.8, 4) is 0 Å². The highest BCUT2D eigenvalue weighted by Crippen LogP contribution is 2.59. The molecule has 4 rings (SSSR count). The Hall–Kier alpha value is -0.810. The molecule has 2 aliphatic carbocycles. The number of aromatic nitrogens is 2. The van der Waals surface area contributed by atoms with E-state index < -0.39 is 5.60 Å². The summed E-state index contributed by atoms with van der Waals surface area (Å²) in [6.07, 6.45) is 3.22. The molecule has 19 heavy (non-hydrogen) atoms. The molecule has 2 unspecified atom stereocenters. The molecule has 4 atom stereocenters. The minimum atomic E-state index is -0.793. The van der Waals surface area contributed by atoms with E-state index in [9.17, 15) is 5.11 Å². The van der Waals surface area contributed by atoms with E-state index in [-0.39, 0.29) is 18.4 Å². The van der Waals surface area contributed by atoms with Crippen LogP contribution < -0.4 is 5.73 Å². The van der Waals surface area contributed by atoms with Crippen LogP contribution in [0.5, 0.6) is 0 Å². The van der Waals surface area contributed by atoms with E-state index in [1.165, 1.54) is 0 Å². The molecule has 4 nitrogen and oxygen atoms in total. The molecular weight excluding hydrogens is 285 g/mol. The fraction of sp³-hybridized carbons (Fsp3) is 0.462. The predicted octanol–water partition coefficient (Wildman–Crippen LogP) is 2.19. The van der Waals surface area contributed by atoms with Gasteiger partial charge >= 0.3 is 0 Å². The van der Waals surface area contributed by atoms with E-state index in [1.807, 2.05) is 12.1 Å². The molecule has 0 spiro atoms. The molecule has 102 valence electrons. The first kappa shape index (κ1) is 13.2. The summed E-state index contributed by atoms with van der Waals surface area (Å²) in [5.74, 6) is 0.937. The molecule has 1 aromatic heterocycles. The first-order chi connectivity index (χ1) is 8.58. The smallest absolute Gasteiger partial charge is 0.0910 e. The molecule has 0 aliphatic heterocycles. The average molecular weight is 300 g/mol. The lowest BCUT2D eigenvalue weighted by Gasteiger charge is -2.26. The van der Waals surface area contributed by atoms with Crippen molar-refractivity contribution in [3.05, 3.63) is 28.9 Å². The molecule has 0 amide bonds. The lowest BCUT2D eigenvalue weighted by molar-refractivity contribution is 0.0309.